The summed E-state index contributed by atoms with van der Waals surface area (Å²) in [6, 6.07) is 7.27. The topological polar surface area (TPSA) is 199 Å². The third kappa shape index (κ3) is 14.0. The number of ether oxygens (including phenoxy) is 3. The van der Waals surface area contributed by atoms with Gasteiger partial charge in [0, 0.05) is 59.2 Å². The van der Waals surface area contributed by atoms with Crippen molar-refractivity contribution in [3.63, 3.8) is 0 Å². The minimum absolute atomic E-state index is 0. The summed E-state index contributed by atoms with van der Waals surface area (Å²) in [4.78, 5) is 39.0. The van der Waals surface area contributed by atoms with E-state index in [2.05, 4.69) is 30.1 Å². The first-order chi connectivity index (χ1) is 21.3. The van der Waals surface area contributed by atoms with Crippen LogP contribution in [0.15, 0.2) is 49.1 Å². The average Bonchev–Trinajstić information content (AvgIpc) is 3.60. The number of carboxylic acid groups (broad SMARTS) is 1. The summed E-state index contributed by atoms with van der Waals surface area (Å²) in [7, 11) is 0. The maximum Gasteiger partial charge on any atom is 1.00 e. The number of carbonyl (C=O) groups is 2. The van der Waals surface area contributed by atoms with Gasteiger partial charge in [0.15, 0.2) is 11.6 Å². The molecule has 4 heterocycles. The second-order valence-electron chi connectivity index (χ2n) is 10.6. The van der Waals surface area contributed by atoms with Crippen LogP contribution in [0.3, 0.4) is 0 Å². The molecule has 47 heavy (non-hydrogen) atoms. The van der Waals surface area contributed by atoms with Crippen molar-refractivity contribution in [1.29, 1.82) is 0 Å². The monoisotopic (exact) mass is 642 g/mol. The molecule has 4 aromatic heterocycles. The van der Waals surface area contributed by atoms with Crippen molar-refractivity contribution in [1.82, 2.24) is 39.5 Å². The zero-order valence-corrected chi connectivity index (χ0v) is 28.0. The Balaban J connectivity index is 0.000000454. The van der Waals surface area contributed by atoms with Gasteiger partial charge in [-0.1, -0.05) is 0 Å². The Morgan fingerprint density at radius 2 is 1.15 bits per heavy atom. The molecular formula is C31H39LiN8O7. The molecule has 4 aromatic rings. The standard InChI is InChI=1S/C17H22N4O3.C14H16N4O3.Li.H2O/c1-11(2)23-15-9-14(8-13(5)19-15)17-18-10-21(20-17)7-6-16(22)24-12(3)4;1-9(2)21-12-7-11(6-10(3)16-12)14-15-8-18(17-14)5-4-13(19)20;;/h6-12H,1-5H3;4-9H,1-3H3,(H,19,20);;1H2/q;;+1;/p-1/b7-6-;5-4-;;. The Morgan fingerprint density at radius 3 is 1.53 bits per heavy atom. The number of pyridine rings is 2. The number of nitrogens with zero attached hydrogens (tertiary/aromatic N) is 8. The van der Waals surface area contributed by atoms with Gasteiger partial charge >= 0.3 is 30.8 Å². The number of aromatic nitrogens is 8. The molecule has 0 aliphatic heterocycles. The predicted octanol–water partition coefficient (Wildman–Crippen LogP) is 1.68. The predicted molar refractivity (Wildman–Crippen MR) is 169 cm³/mol. The van der Waals surface area contributed by atoms with Crippen molar-refractivity contribution in [3.8, 4) is 34.5 Å². The van der Waals surface area contributed by atoms with E-state index in [0.29, 0.717) is 23.4 Å². The van der Waals surface area contributed by atoms with Crippen LogP contribution in [0.2, 0.25) is 0 Å². The van der Waals surface area contributed by atoms with E-state index < -0.39 is 11.9 Å². The number of hydrogen-bond donors (Lipinski definition) is 1. The number of esters is 1. The van der Waals surface area contributed by atoms with E-state index in [1.165, 1.54) is 40.5 Å². The summed E-state index contributed by atoms with van der Waals surface area (Å²) in [5.41, 5.74) is 3.17. The van der Waals surface area contributed by atoms with Crippen LogP contribution in [-0.4, -0.2) is 80.3 Å². The molecule has 0 amide bonds. The van der Waals surface area contributed by atoms with Gasteiger partial charge in [-0.3, -0.25) is 0 Å². The number of hydrogen-bond acceptors (Lipinski definition) is 12. The molecule has 0 aromatic carbocycles. The fraction of sp³-hybridized carbons (Fsp3) is 0.355. The molecule has 0 saturated carbocycles. The molecule has 15 nitrogen and oxygen atoms in total. The van der Waals surface area contributed by atoms with Gasteiger partial charge in [0.05, 0.1) is 18.3 Å². The third-order valence-electron chi connectivity index (χ3n) is 5.19. The fourth-order valence-electron chi connectivity index (χ4n) is 3.64. The van der Waals surface area contributed by atoms with E-state index in [1.54, 1.807) is 26.0 Å². The van der Waals surface area contributed by atoms with E-state index in [9.17, 15) is 9.59 Å². The van der Waals surface area contributed by atoms with Gasteiger partial charge in [-0.05, 0) is 67.5 Å². The first-order valence-corrected chi connectivity index (χ1v) is 14.2. The van der Waals surface area contributed by atoms with Gasteiger partial charge < -0.3 is 24.8 Å². The smallest absolute Gasteiger partial charge is 0.870 e. The van der Waals surface area contributed by atoms with E-state index in [0.717, 1.165) is 28.6 Å². The molecule has 0 radical (unpaired) electrons. The molecule has 0 aliphatic carbocycles. The molecule has 0 atom stereocenters. The number of carboxylic acids is 1. The van der Waals surface area contributed by atoms with Crippen molar-refractivity contribution < 1.29 is 53.2 Å². The van der Waals surface area contributed by atoms with Crippen molar-refractivity contribution >= 4 is 24.3 Å². The average molecular weight is 643 g/mol. The van der Waals surface area contributed by atoms with Gasteiger partial charge in [0.1, 0.15) is 12.7 Å². The van der Waals surface area contributed by atoms with Gasteiger partial charge in [-0.2, -0.15) is 0 Å². The minimum Gasteiger partial charge on any atom is -0.870 e. The zero-order valence-electron chi connectivity index (χ0n) is 28.0. The Bertz CT molecular complexity index is 1660. The summed E-state index contributed by atoms with van der Waals surface area (Å²) in [6.07, 6.45) is 7.98. The molecule has 0 fully saturated rings. The van der Waals surface area contributed by atoms with Crippen LogP contribution in [0.25, 0.3) is 35.2 Å². The van der Waals surface area contributed by atoms with Crippen molar-refractivity contribution in [2.45, 2.75) is 73.7 Å². The number of aliphatic carboxylic acids is 1. The van der Waals surface area contributed by atoms with E-state index in [4.69, 9.17) is 19.3 Å². The van der Waals surface area contributed by atoms with Crippen molar-refractivity contribution in [2.24, 2.45) is 0 Å². The van der Waals surface area contributed by atoms with Gasteiger partial charge in [0.25, 0.3) is 0 Å². The molecule has 0 saturated heterocycles. The Kier molecular flexibility index (Phi) is 16.2. The van der Waals surface area contributed by atoms with Crippen LogP contribution >= 0.6 is 0 Å². The third-order valence-corrected chi connectivity index (χ3v) is 5.19. The number of carbonyl (C=O) groups excluding carboxylic acids is 1. The molecule has 0 spiro atoms. The van der Waals surface area contributed by atoms with Crippen LogP contribution in [-0.2, 0) is 14.3 Å². The second-order valence-corrected chi connectivity index (χ2v) is 10.6. The number of rotatable bonds is 11. The normalized spacial score (nSPS) is 10.9. The summed E-state index contributed by atoms with van der Waals surface area (Å²) in [5, 5.41) is 17.1. The van der Waals surface area contributed by atoms with Crippen LogP contribution in [0, 0.1) is 13.8 Å². The van der Waals surface area contributed by atoms with Gasteiger partial charge in [-0.25, -0.2) is 38.9 Å². The quantitative estimate of drug-likeness (QED) is 0.141. The maximum atomic E-state index is 11.5. The molecular weight excluding hydrogens is 603 g/mol. The van der Waals surface area contributed by atoms with Gasteiger partial charge in [0.2, 0.25) is 11.8 Å². The van der Waals surface area contributed by atoms with Crippen LogP contribution in [0.1, 0.15) is 52.9 Å². The molecule has 16 heteroatoms. The molecule has 4 rings (SSSR count). The summed E-state index contributed by atoms with van der Waals surface area (Å²) in [6.45, 7) is 15.1. The van der Waals surface area contributed by atoms with Crippen LogP contribution < -0.4 is 28.3 Å². The SMILES string of the molecule is Cc1cc(-c2ncn(/C=C\C(=O)O)n2)cc(OC(C)C)n1.Cc1cc(-c2ncn(/C=C\C(=O)OC(C)C)n2)cc(OC(C)C)n1.[Li+].[OH-]. The Labute approximate surface area is 285 Å². The maximum absolute atomic E-state index is 11.5. The number of aryl methyl sites for hydroxylation is 2. The summed E-state index contributed by atoms with van der Waals surface area (Å²) < 4.78 is 19.0. The van der Waals surface area contributed by atoms with Crippen molar-refractivity contribution in [2.75, 3.05) is 0 Å². The fourth-order valence-corrected chi connectivity index (χ4v) is 3.64. The molecule has 246 valence electrons. The Hall–Kier alpha value is -4.84. The largest absolute Gasteiger partial charge is 1.00 e. The molecule has 0 unspecified atom stereocenters. The van der Waals surface area contributed by atoms with Crippen LogP contribution in [0.5, 0.6) is 11.8 Å². The zero-order chi connectivity index (χ0) is 33.1. The Morgan fingerprint density at radius 1 is 0.723 bits per heavy atom. The summed E-state index contributed by atoms with van der Waals surface area (Å²) in [5.74, 6) is 0.582. The minimum atomic E-state index is -1.04. The first kappa shape index (κ1) is 40.2. The molecule has 2 N–H and O–H groups in total. The van der Waals surface area contributed by atoms with Gasteiger partial charge in [-0.15, -0.1) is 10.2 Å². The van der Waals surface area contributed by atoms with Crippen molar-refractivity contribution in [3.05, 3.63) is 60.5 Å². The van der Waals surface area contributed by atoms with E-state index >= 15 is 0 Å². The molecule has 0 bridgehead atoms. The van der Waals surface area contributed by atoms with E-state index in [-0.39, 0.29) is 42.6 Å². The van der Waals surface area contributed by atoms with E-state index in [1.807, 2.05) is 53.7 Å². The second kappa shape index (κ2) is 19.0. The van der Waals surface area contributed by atoms with Crippen LogP contribution in [0.4, 0.5) is 0 Å². The summed E-state index contributed by atoms with van der Waals surface area (Å²) >= 11 is 0. The molecule has 0 aliphatic rings. The first-order valence-electron chi connectivity index (χ1n) is 14.2.